The highest BCUT2D eigenvalue weighted by atomic mass is 32.1. The van der Waals surface area contributed by atoms with Crippen LogP contribution >= 0.6 is 11.3 Å². The number of hydrogen-bond acceptors (Lipinski definition) is 6. The van der Waals surface area contributed by atoms with Gasteiger partial charge in [-0.2, -0.15) is 5.26 Å². The topological polar surface area (TPSA) is 58.4 Å². The largest absolute Gasteiger partial charge is 0.353 e. The third kappa shape index (κ3) is 4.73. The van der Waals surface area contributed by atoms with Crippen LogP contribution in [-0.4, -0.2) is 42.5 Å². The molecule has 2 aliphatic heterocycles. The number of thiazole rings is 1. The van der Waals surface area contributed by atoms with Gasteiger partial charge in [-0.25, -0.2) is 13.8 Å². The summed E-state index contributed by atoms with van der Waals surface area (Å²) in [6, 6.07) is 1.54. The molecule has 0 aromatic carbocycles. The van der Waals surface area contributed by atoms with Gasteiger partial charge in [0.1, 0.15) is 11.7 Å². The van der Waals surface area contributed by atoms with Crippen LogP contribution in [0.5, 0.6) is 0 Å². The molecule has 5 nitrogen and oxygen atoms in total. The molecule has 2 unspecified atom stereocenters. The molecule has 0 spiro atoms. The van der Waals surface area contributed by atoms with Crippen molar-refractivity contribution in [2.45, 2.75) is 50.9 Å². The van der Waals surface area contributed by atoms with Gasteiger partial charge >= 0.3 is 0 Å². The highest BCUT2D eigenvalue weighted by molar-refractivity contribution is 7.09. The van der Waals surface area contributed by atoms with Crippen molar-refractivity contribution in [1.82, 2.24) is 9.88 Å². The van der Waals surface area contributed by atoms with Crippen LogP contribution in [-0.2, 0) is 9.47 Å². The fourth-order valence-corrected chi connectivity index (χ4v) is 4.28. The summed E-state index contributed by atoms with van der Waals surface area (Å²) in [5.41, 5.74) is 1.14. The van der Waals surface area contributed by atoms with Gasteiger partial charge in [-0.15, -0.1) is 11.3 Å². The minimum absolute atomic E-state index is 0.0792. The molecular weight excluding hydrogens is 348 g/mol. The van der Waals surface area contributed by atoms with Crippen LogP contribution in [0.15, 0.2) is 5.51 Å². The van der Waals surface area contributed by atoms with Gasteiger partial charge in [-0.05, 0) is 38.0 Å². The lowest BCUT2D eigenvalue weighted by Gasteiger charge is -2.35. The Kier molecular flexibility index (Phi) is 6.70. The van der Waals surface area contributed by atoms with Crippen molar-refractivity contribution < 1.29 is 18.3 Å². The van der Waals surface area contributed by atoms with Crippen LogP contribution in [0.2, 0.25) is 0 Å². The van der Waals surface area contributed by atoms with Crippen molar-refractivity contribution in [3.63, 3.8) is 0 Å². The van der Waals surface area contributed by atoms with Gasteiger partial charge in [0.2, 0.25) is 0 Å². The van der Waals surface area contributed by atoms with E-state index in [1.54, 1.807) is 0 Å². The molecule has 2 fully saturated rings. The first-order valence-corrected chi connectivity index (χ1v) is 9.65. The summed E-state index contributed by atoms with van der Waals surface area (Å²) in [4.78, 5) is 6.09. The molecule has 0 amide bonds. The van der Waals surface area contributed by atoms with Gasteiger partial charge in [-0.1, -0.05) is 0 Å². The third-order valence-electron chi connectivity index (χ3n) is 4.87. The number of alkyl halides is 2. The molecule has 0 saturated carbocycles. The smallest absolute Gasteiger partial charge is 0.281 e. The number of hydrogen-bond donors (Lipinski definition) is 0. The molecule has 25 heavy (non-hydrogen) atoms. The fraction of sp³-hybridized carbons (Fsp3) is 0.765. The Balaban J connectivity index is 1.50. The highest BCUT2D eigenvalue weighted by Crippen LogP contribution is 2.34. The van der Waals surface area contributed by atoms with Crippen molar-refractivity contribution in [3.8, 4) is 6.07 Å². The van der Waals surface area contributed by atoms with Crippen LogP contribution in [0.4, 0.5) is 8.78 Å². The van der Waals surface area contributed by atoms with Crippen LogP contribution in [0, 0.1) is 17.2 Å². The summed E-state index contributed by atoms with van der Waals surface area (Å²) in [6.07, 6.45) is 2.28. The van der Waals surface area contributed by atoms with E-state index < -0.39 is 12.5 Å². The Morgan fingerprint density at radius 2 is 2.16 bits per heavy atom. The zero-order chi connectivity index (χ0) is 17.6. The normalized spacial score (nSPS) is 24.3. The van der Waals surface area contributed by atoms with Gasteiger partial charge in [-0.3, -0.25) is 4.90 Å². The number of rotatable bonds is 6. The standard InChI is InChI=1S/C17H23F2N3O2S/c18-17(19)15-16(25-11-21-15)13(9-20)22-6-4-12(5-7-22)10-24-14-3-1-2-8-23-14/h11-14,17H,1-8,10H2. The average Bonchev–Trinajstić information content (AvgIpc) is 3.12. The fourth-order valence-electron chi connectivity index (χ4n) is 3.40. The van der Waals surface area contributed by atoms with Crippen molar-refractivity contribution in [1.29, 1.82) is 5.26 Å². The molecule has 138 valence electrons. The zero-order valence-electron chi connectivity index (χ0n) is 14.1. The van der Waals surface area contributed by atoms with E-state index in [9.17, 15) is 14.0 Å². The minimum atomic E-state index is -2.64. The Labute approximate surface area is 150 Å². The van der Waals surface area contributed by atoms with E-state index in [1.165, 1.54) is 5.51 Å². The summed E-state index contributed by atoms with van der Waals surface area (Å²) >= 11 is 1.14. The maximum absolute atomic E-state index is 13.1. The van der Waals surface area contributed by atoms with Gasteiger partial charge in [0.15, 0.2) is 6.29 Å². The van der Waals surface area contributed by atoms with E-state index in [0.717, 1.165) is 50.0 Å². The number of nitrogens with zero attached hydrogens (tertiary/aromatic N) is 3. The lowest BCUT2D eigenvalue weighted by molar-refractivity contribution is -0.171. The summed E-state index contributed by atoms with van der Waals surface area (Å²) in [6.45, 7) is 2.85. The molecule has 2 saturated heterocycles. The van der Waals surface area contributed by atoms with Crippen molar-refractivity contribution in [3.05, 3.63) is 16.1 Å². The van der Waals surface area contributed by atoms with Gasteiger partial charge in [0, 0.05) is 19.7 Å². The van der Waals surface area contributed by atoms with Gasteiger partial charge in [0.25, 0.3) is 6.43 Å². The molecule has 2 aliphatic rings. The van der Waals surface area contributed by atoms with Gasteiger partial charge in [0.05, 0.1) is 23.1 Å². The predicted molar refractivity (Wildman–Crippen MR) is 89.3 cm³/mol. The van der Waals surface area contributed by atoms with Crippen molar-refractivity contribution in [2.24, 2.45) is 5.92 Å². The molecule has 3 rings (SSSR count). The molecule has 8 heteroatoms. The van der Waals surface area contributed by atoms with E-state index in [-0.39, 0.29) is 12.0 Å². The number of aromatic nitrogens is 1. The Morgan fingerprint density at radius 1 is 1.36 bits per heavy atom. The predicted octanol–water partition coefficient (Wildman–Crippen LogP) is 3.90. The Hall–Kier alpha value is -1.14. The van der Waals surface area contributed by atoms with Crippen LogP contribution < -0.4 is 0 Å². The minimum Gasteiger partial charge on any atom is -0.353 e. The maximum atomic E-state index is 13.1. The summed E-state index contributed by atoms with van der Waals surface area (Å²) in [5, 5.41) is 9.50. The second kappa shape index (κ2) is 8.99. The molecule has 2 atom stereocenters. The summed E-state index contributed by atoms with van der Waals surface area (Å²) in [7, 11) is 0. The van der Waals surface area contributed by atoms with E-state index in [4.69, 9.17) is 9.47 Å². The SMILES string of the molecule is N#CC(c1scnc1C(F)F)N1CCC(COC2CCCCO2)CC1. The van der Waals surface area contributed by atoms with Crippen molar-refractivity contribution >= 4 is 11.3 Å². The number of halogens is 2. The molecule has 0 N–H and O–H groups in total. The first-order chi connectivity index (χ1) is 12.2. The second-order valence-corrected chi connectivity index (χ2v) is 7.43. The lowest BCUT2D eigenvalue weighted by Crippen LogP contribution is -2.38. The van der Waals surface area contributed by atoms with Crippen LogP contribution in [0.3, 0.4) is 0 Å². The van der Waals surface area contributed by atoms with E-state index >= 15 is 0 Å². The van der Waals surface area contributed by atoms with E-state index in [1.807, 2.05) is 4.90 Å². The molecule has 0 aliphatic carbocycles. The number of piperidine rings is 1. The molecule has 0 radical (unpaired) electrons. The average molecular weight is 371 g/mol. The first kappa shape index (κ1) is 18.6. The first-order valence-electron chi connectivity index (χ1n) is 8.77. The second-order valence-electron chi connectivity index (χ2n) is 6.54. The van der Waals surface area contributed by atoms with E-state index in [2.05, 4.69) is 11.1 Å². The monoisotopic (exact) mass is 371 g/mol. The third-order valence-corrected chi connectivity index (χ3v) is 5.77. The maximum Gasteiger partial charge on any atom is 0.281 e. The number of ether oxygens (including phenoxy) is 2. The van der Waals surface area contributed by atoms with E-state index in [0.29, 0.717) is 30.5 Å². The highest BCUT2D eigenvalue weighted by Gasteiger charge is 2.31. The Morgan fingerprint density at radius 3 is 2.80 bits per heavy atom. The molecule has 1 aromatic rings. The molecule has 1 aromatic heterocycles. The number of likely N-dealkylation sites (tertiary alicyclic amines) is 1. The lowest BCUT2D eigenvalue weighted by atomic mass is 9.96. The van der Waals surface area contributed by atoms with Crippen molar-refractivity contribution in [2.75, 3.05) is 26.3 Å². The molecular formula is C17H23F2N3O2S. The zero-order valence-corrected chi connectivity index (χ0v) is 14.9. The Bertz CT molecular complexity index is 579. The van der Waals surface area contributed by atoms with Crippen LogP contribution in [0.1, 0.15) is 55.1 Å². The summed E-state index contributed by atoms with van der Waals surface area (Å²) in [5.74, 6) is 0.428. The number of nitriles is 1. The quantitative estimate of drug-likeness (QED) is 0.759. The summed E-state index contributed by atoms with van der Waals surface area (Å²) < 4.78 is 37.5. The van der Waals surface area contributed by atoms with Crippen LogP contribution in [0.25, 0.3) is 0 Å². The van der Waals surface area contributed by atoms with Gasteiger partial charge < -0.3 is 9.47 Å². The molecule has 0 bridgehead atoms. The molecule has 3 heterocycles.